The number of aliphatic hydroxyl groups is 1. The smallest absolute Gasteiger partial charge is 0.316 e. The lowest BCUT2D eigenvalue weighted by molar-refractivity contribution is -0.118. The molecule has 10 heteroatoms. The Morgan fingerprint density at radius 2 is 1.88 bits per heavy atom. The molecule has 0 spiro atoms. The van der Waals surface area contributed by atoms with Crippen molar-refractivity contribution in [1.82, 2.24) is 0 Å². The number of anilines is 2. The van der Waals surface area contributed by atoms with Crippen LogP contribution in [0.5, 0.6) is 11.5 Å². The predicted molar refractivity (Wildman–Crippen MR) is 156 cm³/mol. The molecule has 210 valence electrons. The summed E-state index contributed by atoms with van der Waals surface area (Å²) in [5.41, 5.74) is 3.89. The molecule has 1 saturated carbocycles. The molecule has 9 nitrogen and oxygen atoms in total. The number of halogens is 1. The Kier molecular flexibility index (Phi) is 7.90. The van der Waals surface area contributed by atoms with E-state index in [9.17, 15) is 19.6 Å². The third-order valence-electron chi connectivity index (χ3n) is 7.33. The molecule has 2 amide bonds. The lowest BCUT2D eigenvalue weighted by atomic mass is 9.96. The summed E-state index contributed by atoms with van der Waals surface area (Å²) in [4.78, 5) is 37.0. The van der Waals surface area contributed by atoms with Crippen LogP contribution in [-0.4, -0.2) is 36.3 Å². The summed E-state index contributed by atoms with van der Waals surface area (Å²) in [6.45, 7) is 1.85. The molecule has 0 radical (unpaired) electrons. The summed E-state index contributed by atoms with van der Waals surface area (Å²) in [7, 11) is 1.41. The van der Waals surface area contributed by atoms with Gasteiger partial charge in [-0.1, -0.05) is 23.7 Å². The summed E-state index contributed by atoms with van der Waals surface area (Å²) in [5.74, 6) is -0.143. The minimum atomic E-state index is -0.930. The van der Waals surface area contributed by atoms with E-state index in [4.69, 9.17) is 26.5 Å². The van der Waals surface area contributed by atoms with Crippen LogP contribution in [-0.2, 0) is 11.2 Å². The maximum Gasteiger partial charge on any atom is 0.316 e. The van der Waals surface area contributed by atoms with Crippen molar-refractivity contribution < 1.29 is 24.2 Å². The number of carbonyl (C=O) groups is 2. The second-order valence-electron chi connectivity index (χ2n) is 10.0. The molecular formula is C31H28ClN3O6. The van der Waals surface area contributed by atoms with Crippen molar-refractivity contribution in [2.75, 3.05) is 18.6 Å². The number of amides is 2. The molecule has 41 heavy (non-hydrogen) atoms. The van der Waals surface area contributed by atoms with E-state index in [1.54, 1.807) is 24.3 Å². The van der Waals surface area contributed by atoms with E-state index < -0.39 is 5.91 Å². The Morgan fingerprint density at radius 1 is 1.12 bits per heavy atom. The van der Waals surface area contributed by atoms with Crippen molar-refractivity contribution in [2.24, 2.45) is 11.1 Å². The zero-order valence-corrected chi connectivity index (χ0v) is 23.3. The number of methoxy groups -OCH3 is 1. The number of hydrogen-bond acceptors (Lipinski definition) is 7. The summed E-state index contributed by atoms with van der Waals surface area (Å²) in [5, 5.41) is 22.7. The highest BCUT2D eigenvalue weighted by Gasteiger charge is 2.32. The Morgan fingerprint density at radius 3 is 2.56 bits per heavy atom. The van der Waals surface area contributed by atoms with Gasteiger partial charge in [-0.2, -0.15) is 0 Å². The quantitative estimate of drug-likeness (QED) is 0.164. The second kappa shape index (κ2) is 11.5. The van der Waals surface area contributed by atoms with Gasteiger partial charge in [0.2, 0.25) is 5.91 Å². The van der Waals surface area contributed by atoms with Crippen LogP contribution >= 0.6 is 11.6 Å². The third-order valence-corrected chi connectivity index (χ3v) is 7.65. The van der Waals surface area contributed by atoms with Crippen molar-refractivity contribution in [3.05, 3.63) is 98.1 Å². The van der Waals surface area contributed by atoms with Gasteiger partial charge in [0.05, 0.1) is 34.8 Å². The van der Waals surface area contributed by atoms with Gasteiger partial charge in [0.15, 0.2) is 0 Å². The van der Waals surface area contributed by atoms with E-state index in [0.717, 1.165) is 24.0 Å². The molecule has 1 aliphatic carbocycles. The third kappa shape index (κ3) is 5.58. The first kappa shape index (κ1) is 28.0. The number of hydrogen-bond donors (Lipinski definition) is 2. The fourth-order valence-corrected chi connectivity index (χ4v) is 5.32. The summed E-state index contributed by atoms with van der Waals surface area (Å²) in [6.07, 6.45) is 2.44. The van der Waals surface area contributed by atoms with Crippen LogP contribution in [0.25, 0.3) is 0 Å². The molecule has 1 heterocycles. The fraction of sp³-hybridized carbons (Fsp3) is 0.258. The van der Waals surface area contributed by atoms with E-state index in [2.05, 4.69) is 5.18 Å². The van der Waals surface area contributed by atoms with Crippen LogP contribution in [0.3, 0.4) is 0 Å². The van der Waals surface area contributed by atoms with Crippen LogP contribution in [0, 0.1) is 23.2 Å². The highest BCUT2D eigenvalue weighted by Crippen LogP contribution is 2.41. The van der Waals surface area contributed by atoms with Crippen molar-refractivity contribution in [3.63, 3.8) is 0 Å². The lowest BCUT2D eigenvalue weighted by Gasteiger charge is -2.31. The molecule has 1 aliphatic heterocycles. The standard InChI is InChI=1S/C31H28ClN3O6/c1-17-4-3-5-23(32)28(17)29(33)22(30(37)18-6-7-18)16-41-21-10-12-24-19(14-21)9-13-27(36)35(24)25-11-8-20(31(38)34-39)15-26(25)40-2/h3-5,8,10-12,14-15,18,33,37H,6-7,9,13,16H2,1-2H3/b30-22-,33-29?. The number of nitrogens with zero attached hydrogens (tertiary/aromatic N) is 2. The van der Waals surface area contributed by atoms with Crippen LogP contribution in [0.1, 0.15) is 46.3 Å². The molecule has 0 aromatic heterocycles. The molecule has 3 aromatic carbocycles. The molecular weight excluding hydrogens is 546 g/mol. The summed E-state index contributed by atoms with van der Waals surface area (Å²) >= 11 is 6.43. The second-order valence-corrected chi connectivity index (χ2v) is 10.4. The Balaban J connectivity index is 1.43. The van der Waals surface area contributed by atoms with Crippen LogP contribution in [0.2, 0.25) is 5.02 Å². The van der Waals surface area contributed by atoms with E-state index >= 15 is 0 Å². The maximum atomic E-state index is 13.0. The Bertz CT molecular complexity index is 1590. The summed E-state index contributed by atoms with van der Waals surface area (Å²) in [6, 6.07) is 15.1. The van der Waals surface area contributed by atoms with Crippen molar-refractivity contribution >= 4 is 40.5 Å². The SMILES string of the molecule is COc1cc(C(=O)N=O)ccc1N1C(=O)CCc2cc(OC/C(C(=N)c3c(C)cccc3Cl)=C(/O)C3CC3)ccc21. The molecule has 0 bridgehead atoms. The minimum Gasteiger partial charge on any atom is -0.512 e. The average Bonchev–Trinajstić information content (AvgIpc) is 3.82. The van der Waals surface area contributed by atoms with Crippen molar-refractivity contribution in [2.45, 2.75) is 32.6 Å². The monoisotopic (exact) mass is 573 g/mol. The minimum absolute atomic E-state index is 0.0128. The molecule has 3 aromatic rings. The van der Waals surface area contributed by atoms with Crippen molar-refractivity contribution in [1.29, 1.82) is 5.41 Å². The van der Waals surface area contributed by atoms with Gasteiger partial charge in [-0.15, -0.1) is 4.91 Å². The van der Waals surface area contributed by atoms with Gasteiger partial charge in [0, 0.05) is 28.6 Å². The van der Waals surface area contributed by atoms with Crippen LogP contribution in [0.15, 0.2) is 71.1 Å². The Hall–Kier alpha value is -4.50. The van der Waals surface area contributed by atoms with Crippen LogP contribution in [0.4, 0.5) is 11.4 Å². The number of allylic oxidation sites excluding steroid dienone is 1. The number of rotatable bonds is 9. The first-order chi connectivity index (χ1) is 19.7. The zero-order chi connectivity index (χ0) is 29.3. The molecule has 2 N–H and O–H groups in total. The number of ether oxygens (including phenoxy) is 2. The normalized spacial score (nSPS) is 15.1. The van der Waals surface area contributed by atoms with Crippen LogP contribution < -0.4 is 14.4 Å². The number of benzene rings is 3. The van der Waals surface area contributed by atoms with Gasteiger partial charge in [0.25, 0.3) is 0 Å². The lowest BCUT2D eigenvalue weighted by Crippen LogP contribution is -2.31. The molecule has 0 saturated heterocycles. The highest BCUT2D eigenvalue weighted by atomic mass is 35.5. The van der Waals surface area contributed by atoms with Gasteiger partial charge in [0.1, 0.15) is 23.9 Å². The van der Waals surface area contributed by atoms with Gasteiger partial charge < -0.3 is 14.6 Å². The van der Waals surface area contributed by atoms with E-state index in [1.807, 2.05) is 25.1 Å². The van der Waals surface area contributed by atoms with Gasteiger partial charge >= 0.3 is 5.91 Å². The van der Waals surface area contributed by atoms with Gasteiger partial charge in [-0.05, 0) is 79.8 Å². The number of aliphatic hydroxyl groups excluding tert-OH is 1. The fourth-order valence-electron chi connectivity index (χ4n) is 5.00. The van der Waals surface area contributed by atoms with E-state index in [0.29, 0.717) is 39.7 Å². The topological polar surface area (TPSA) is 129 Å². The number of aryl methyl sites for hydroxylation is 2. The number of nitrogens with one attached hydrogen (secondary N) is 1. The maximum absolute atomic E-state index is 13.0. The van der Waals surface area contributed by atoms with Gasteiger partial charge in [-0.3, -0.25) is 19.9 Å². The largest absolute Gasteiger partial charge is 0.512 e. The molecule has 0 atom stereocenters. The molecule has 1 fully saturated rings. The number of carbonyl (C=O) groups excluding carboxylic acids is 2. The first-order valence-corrected chi connectivity index (χ1v) is 13.5. The van der Waals surface area contributed by atoms with E-state index in [-0.39, 0.29) is 47.6 Å². The number of nitroso groups, excluding NO2 is 1. The first-order valence-electron chi connectivity index (χ1n) is 13.1. The Labute approximate surface area is 241 Å². The van der Waals surface area contributed by atoms with E-state index in [1.165, 1.54) is 24.1 Å². The highest BCUT2D eigenvalue weighted by molar-refractivity contribution is 6.35. The predicted octanol–water partition coefficient (Wildman–Crippen LogP) is 6.84. The van der Waals surface area contributed by atoms with Gasteiger partial charge in [-0.25, -0.2) is 0 Å². The number of fused-ring (bicyclic) bond motifs is 1. The average molecular weight is 574 g/mol. The molecule has 5 rings (SSSR count). The zero-order valence-electron chi connectivity index (χ0n) is 22.6. The van der Waals surface area contributed by atoms with Crippen molar-refractivity contribution in [3.8, 4) is 11.5 Å². The molecule has 0 unspecified atom stereocenters. The summed E-state index contributed by atoms with van der Waals surface area (Å²) < 4.78 is 11.6. The molecule has 2 aliphatic rings.